The lowest BCUT2D eigenvalue weighted by atomic mass is 10.1. The Bertz CT molecular complexity index is 305. The average Bonchev–Trinajstić information content (AvgIpc) is 2.21. The van der Waals surface area contributed by atoms with Crippen LogP contribution in [0.3, 0.4) is 0 Å². The summed E-state index contributed by atoms with van der Waals surface area (Å²) < 4.78 is 4.96. The van der Waals surface area contributed by atoms with E-state index in [-0.39, 0.29) is 18.2 Å². The number of ether oxygens (including phenoxy) is 1. The van der Waals surface area contributed by atoms with E-state index in [1.807, 2.05) is 20.8 Å². The van der Waals surface area contributed by atoms with Crippen LogP contribution >= 0.6 is 0 Å². The van der Waals surface area contributed by atoms with Gasteiger partial charge in [0.15, 0.2) is 0 Å². The second-order valence-electron chi connectivity index (χ2n) is 4.79. The first-order valence-electron chi connectivity index (χ1n) is 5.52. The molecule has 0 rings (SSSR count). The second kappa shape index (κ2) is 6.27. The number of esters is 1. The molecule has 98 valence electrons. The SMILES string of the molecule is C=C(C)C(=O)OCCN(C(=O)NC)C(C)(C)C. The van der Waals surface area contributed by atoms with Crippen LogP contribution in [0.2, 0.25) is 0 Å². The first kappa shape index (κ1) is 15.5. The molecular formula is C12H22N2O3. The maximum atomic E-state index is 11.6. The van der Waals surface area contributed by atoms with Crippen LogP contribution in [-0.2, 0) is 9.53 Å². The molecule has 17 heavy (non-hydrogen) atoms. The molecule has 0 saturated carbocycles. The van der Waals surface area contributed by atoms with E-state index in [2.05, 4.69) is 11.9 Å². The van der Waals surface area contributed by atoms with Crippen molar-refractivity contribution in [2.24, 2.45) is 0 Å². The minimum Gasteiger partial charge on any atom is -0.460 e. The number of carbonyl (C=O) groups is 2. The van der Waals surface area contributed by atoms with Gasteiger partial charge in [-0.2, -0.15) is 0 Å². The number of rotatable bonds is 4. The molecule has 5 heteroatoms. The Balaban J connectivity index is 4.34. The highest BCUT2D eigenvalue weighted by molar-refractivity contribution is 5.86. The smallest absolute Gasteiger partial charge is 0.333 e. The molecule has 0 fully saturated rings. The van der Waals surface area contributed by atoms with E-state index < -0.39 is 5.97 Å². The zero-order valence-corrected chi connectivity index (χ0v) is 11.3. The van der Waals surface area contributed by atoms with Gasteiger partial charge in [0, 0.05) is 18.2 Å². The number of nitrogens with one attached hydrogen (secondary N) is 1. The van der Waals surface area contributed by atoms with Crippen molar-refractivity contribution < 1.29 is 14.3 Å². The van der Waals surface area contributed by atoms with Crippen molar-refractivity contribution in [3.63, 3.8) is 0 Å². The number of urea groups is 1. The minimum absolute atomic E-state index is 0.163. The number of nitrogens with zero attached hydrogens (tertiary/aromatic N) is 1. The number of carbonyl (C=O) groups excluding carboxylic acids is 2. The average molecular weight is 242 g/mol. The van der Waals surface area contributed by atoms with Crippen LogP contribution in [0.4, 0.5) is 4.79 Å². The summed E-state index contributed by atoms with van der Waals surface area (Å²) >= 11 is 0. The summed E-state index contributed by atoms with van der Waals surface area (Å²) in [5.74, 6) is -0.434. The van der Waals surface area contributed by atoms with Crippen LogP contribution in [0.25, 0.3) is 0 Å². The number of amides is 2. The van der Waals surface area contributed by atoms with Gasteiger partial charge in [-0.1, -0.05) is 6.58 Å². The molecule has 0 bridgehead atoms. The molecule has 0 radical (unpaired) electrons. The van der Waals surface area contributed by atoms with E-state index >= 15 is 0 Å². The van der Waals surface area contributed by atoms with Gasteiger partial charge in [0.2, 0.25) is 0 Å². The fourth-order valence-electron chi connectivity index (χ4n) is 1.23. The van der Waals surface area contributed by atoms with E-state index in [9.17, 15) is 9.59 Å². The molecule has 0 heterocycles. The lowest BCUT2D eigenvalue weighted by Gasteiger charge is -2.35. The molecule has 0 aromatic rings. The van der Waals surface area contributed by atoms with Gasteiger partial charge in [0.1, 0.15) is 6.61 Å². The van der Waals surface area contributed by atoms with Gasteiger partial charge in [-0.15, -0.1) is 0 Å². The Morgan fingerprint density at radius 2 is 1.88 bits per heavy atom. The van der Waals surface area contributed by atoms with Crippen LogP contribution in [0.15, 0.2) is 12.2 Å². The molecule has 0 unspecified atom stereocenters. The van der Waals surface area contributed by atoms with E-state index in [1.54, 1.807) is 18.9 Å². The van der Waals surface area contributed by atoms with Crippen LogP contribution in [0, 0.1) is 0 Å². The Morgan fingerprint density at radius 1 is 1.35 bits per heavy atom. The Hall–Kier alpha value is -1.52. The van der Waals surface area contributed by atoms with Gasteiger partial charge in [-0.25, -0.2) is 9.59 Å². The van der Waals surface area contributed by atoms with Crippen molar-refractivity contribution in [3.05, 3.63) is 12.2 Å². The Kier molecular flexibility index (Phi) is 5.71. The largest absolute Gasteiger partial charge is 0.460 e. The molecular weight excluding hydrogens is 220 g/mol. The predicted octanol–water partition coefficient (Wildman–Crippen LogP) is 1.55. The van der Waals surface area contributed by atoms with Crippen LogP contribution in [0.1, 0.15) is 27.7 Å². The molecule has 0 aliphatic carbocycles. The normalized spacial score (nSPS) is 10.6. The third-order valence-electron chi connectivity index (χ3n) is 2.17. The molecule has 0 aliphatic rings. The summed E-state index contributed by atoms with van der Waals surface area (Å²) in [5, 5.41) is 2.56. The first-order valence-corrected chi connectivity index (χ1v) is 5.52. The van der Waals surface area contributed by atoms with Gasteiger partial charge in [-0.05, 0) is 27.7 Å². The fourth-order valence-corrected chi connectivity index (χ4v) is 1.23. The van der Waals surface area contributed by atoms with Crippen LogP contribution in [-0.4, -0.2) is 42.6 Å². The molecule has 1 N–H and O–H groups in total. The van der Waals surface area contributed by atoms with Crippen LogP contribution < -0.4 is 5.32 Å². The van der Waals surface area contributed by atoms with Crippen molar-refractivity contribution in [1.82, 2.24) is 10.2 Å². The topological polar surface area (TPSA) is 58.6 Å². The third kappa shape index (κ3) is 5.38. The first-order chi connectivity index (χ1) is 7.70. The highest BCUT2D eigenvalue weighted by Gasteiger charge is 2.25. The summed E-state index contributed by atoms with van der Waals surface area (Å²) in [4.78, 5) is 24.4. The third-order valence-corrected chi connectivity index (χ3v) is 2.17. The van der Waals surface area contributed by atoms with E-state index in [1.165, 1.54) is 0 Å². The minimum atomic E-state index is -0.434. The van der Waals surface area contributed by atoms with E-state index in [4.69, 9.17) is 4.74 Å². The van der Waals surface area contributed by atoms with Crippen molar-refractivity contribution in [3.8, 4) is 0 Å². The predicted molar refractivity (Wildman–Crippen MR) is 66.7 cm³/mol. The summed E-state index contributed by atoms with van der Waals surface area (Å²) in [6.45, 7) is 11.3. The molecule has 2 amide bonds. The van der Waals surface area contributed by atoms with Crippen LogP contribution in [0.5, 0.6) is 0 Å². The standard InChI is InChI=1S/C12H22N2O3/c1-9(2)10(15)17-8-7-14(11(16)13-6)12(3,4)5/h1,7-8H2,2-6H3,(H,13,16). The van der Waals surface area contributed by atoms with E-state index in [0.717, 1.165) is 0 Å². The zero-order valence-electron chi connectivity index (χ0n) is 11.3. The molecule has 0 aromatic carbocycles. The van der Waals surface area contributed by atoms with E-state index in [0.29, 0.717) is 12.1 Å². The molecule has 0 atom stereocenters. The molecule has 5 nitrogen and oxygen atoms in total. The van der Waals surface area contributed by atoms with Crippen molar-refractivity contribution in [2.75, 3.05) is 20.2 Å². The maximum absolute atomic E-state index is 11.6. The molecule has 0 aliphatic heterocycles. The summed E-state index contributed by atoms with van der Waals surface area (Å²) in [6.07, 6.45) is 0. The van der Waals surface area contributed by atoms with Gasteiger partial charge in [-0.3, -0.25) is 0 Å². The molecule has 0 aromatic heterocycles. The van der Waals surface area contributed by atoms with Crippen molar-refractivity contribution >= 4 is 12.0 Å². The van der Waals surface area contributed by atoms with Crippen molar-refractivity contribution in [1.29, 1.82) is 0 Å². The summed E-state index contributed by atoms with van der Waals surface area (Å²) in [7, 11) is 1.57. The van der Waals surface area contributed by atoms with Gasteiger partial charge >= 0.3 is 12.0 Å². The lowest BCUT2D eigenvalue weighted by molar-refractivity contribution is -0.139. The Morgan fingerprint density at radius 3 is 2.24 bits per heavy atom. The highest BCUT2D eigenvalue weighted by Crippen LogP contribution is 2.12. The summed E-state index contributed by atoms with van der Waals surface area (Å²) in [6, 6.07) is -0.191. The lowest BCUT2D eigenvalue weighted by Crippen LogP contribution is -2.50. The van der Waals surface area contributed by atoms with Gasteiger partial charge in [0.25, 0.3) is 0 Å². The maximum Gasteiger partial charge on any atom is 0.333 e. The summed E-state index contributed by atoms with van der Waals surface area (Å²) in [5.41, 5.74) is 0.0303. The fraction of sp³-hybridized carbons (Fsp3) is 0.667. The number of hydrogen-bond donors (Lipinski definition) is 1. The molecule has 0 saturated heterocycles. The number of hydrogen-bond acceptors (Lipinski definition) is 3. The highest BCUT2D eigenvalue weighted by atomic mass is 16.5. The van der Waals surface area contributed by atoms with Gasteiger partial charge < -0.3 is 15.0 Å². The molecule has 0 spiro atoms. The zero-order chi connectivity index (χ0) is 13.6. The Labute approximate surface area is 103 Å². The second-order valence-corrected chi connectivity index (χ2v) is 4.79. The van der Waals surface area contributed by atoms with Gasteiger partial charge in [0.05, 0.1) is 6.54 Å². The monoisotopic (exact) mass is 242 g/mol. The van der Waals surface area contributed by atoms with Crippen molar-refractivity contribution in [2.45, 2.75) is 33.2 Å². The quantitative estimate of drug-likeness (QED) is 0.601.